The number of ether oxygens (including phenoxy) is 2. The van der Waals surface area contributed by atoms with Gasteiger partial charge in [-0.05, 0) is 49.9 Å². The fraction of sp³-hybridized carbons (Fsp3) is 0.714. The molecule has 1 unspecified atom stereocenters. The van der Waals surface area contributed by atoms with Gasteiger partial charge in [0.1, 0.15) is 6.61 Å². The molecule has 1 saturated heterocycles. The van der Waals surface area contributed by atoms with Gasteiger partial charge in [0.05, 0.1) is 12.7 Å². The van der Waals surface area contributed by atoms with E-state index in [9.17, 15) is 9.59 Å². The van der Waals surface area contributed by atoms with Crippen molar-refractivity contribution in [3.63, 3.8) is 0 Å². The maximum atomic E-state index is 13.3. The largest absolute Gasteiger partial charge is 0.383 e. The first-order valence-corrected chi connectivity index (χ1v) is 14.2. The van der Waals surface area contributed by atoms with Crippen molar-refractivity contribution in [2.45, 2.75) is 63.5 Å². The van der Waals surface area contributed by atoms with Gasteiger partial charge in [0, 0.05) is 50.3 Å². The molecule has 0 aromatic heterocycles. The Morgan fingerprint density at radius 1 is 1.16 bits per heavy atom. The molecule has 37 heavy (non-hydrogen) atoms. The minimum absolute atomic E-state index is 0.0112. The molecule has 0 radical (unpaired) electrons. The maximum absolute atomic E-state index is 13.3. The number of benzene rings is 1. The molecule has 1 aromatic carbocycles. The number of piperidine rings is 1. The first kappa shape index (κ1) is 29.7. The van der Waals surface area contributed by atoms with Crippen LogP contribution in [-0.2, 0) is 14.3 Å². The van der Waals surface area contributed by atoms with Crippen molar-refractivity contribution >= 4 is 23.5 Å². The summed E-state index contributed by atoms with van der Waals surface area (Å²) in [4.78, 5) is 27.6. The molecule has 0 spiro atoms. The summed E-state index contributed by atoms with van der Waals surface area (Å²) in [6.45, 7) is 2.89. The standard InChI is InChI=1S/C28H45ClN4O4/c1-30-18-25(16-21-8-4-3-5-9-21)32-28(35)33-14-7-11-23(19-33)27(22-10-6-12-24(29)17-22)37-20-26(34)31-13-15-36-2/h6,10,12,17,21,23,25,27,30H,3-5,7-9,11,13-16,18-20H2,1-2H3,(H,31,34)(H,32,35)/t23-,25?,27+/m1/s1. The molecule has 8 nitrogen and oxygen atoms in total. The van der Waals surface area contributed by atoms with Gasteiger partial charge in [-0.15, -0.1) is 0 Å². The lowest BCUT2D eigenvalue weighted by Crippen LogP contribution is -2.52. The summed E-state index contributed by atoms with van der Waals surface area (Å²) in [5.41, 5.74) is 0.926. The number of hydrogen-bond acceptors (Lipinski definition) is 5. The van der Waals surface area contributed by atoms with Crippen molar-refractivity contribution in [3.05, 3.63) is 34.9 Å². The SMILES string of the molecule is CNCC(CC1CCCCC1)NC(=O)N1CCC[C@@H]([C@@H](OCC(=O)NCCOC)c2cccc(Cl)c2)C1. The topological polar surface area (TPSA) is 91.9 Å². The van der Waals surface area contributed by atoms with Crippen LogP contribution in [0.25, 0.3) is 0 Å². The molecule has 1 saturated carbocycles. The number of carbonyl (C=O) groups is 2. The minimum Gasteiger partial charge on any atom is -0.383 e. The molecule has 2 fully saturated rings. The van der Waals surface area contributed by atoms with Crippen LogP contribution in [0, 0.1) is 11.8 Å². The lowest BCUT2D eigenvalue weighted by atomic mass is 9.85. The molecule has 3 atom stereocenters. The van der Waals surface area contributed by atoms with E-state index >= 15 is 0 Å². The molecule has 3 rings (SSSR count). The number of urea groups is 1. The normalized spacial score (nSPS) is 20.3. The van der Waals surface area contributed by atoms with Gasteiger partial charge in [-0.2, -0.15) is 0 Å². The Kier molecular flexibility index (Phi) is 13.0. The quantitative estimate of drug-likeness (QED) is 0.330. The van der Waals surface area contributed by atoms with Crippen molar-refractivity contribution in [2.24, 2.45) is 11.8 Å². The first-order chi connectivity index (χ1) is 18.0. The Hall–Kier alpha value is -1.87. The van der Waals surface area contributed by atoms with Crippen molar-refractivity contribution in [1.29, 1.82) is 0 Å². The van der Waals surface area contributed by atoms with E-state index in [2.05, 4.69) is 16.0 Å². The zero-order valence-electron chi connectivity index (χ0n) is 22.5. The van der Waals surface area contributed by atoms with Crippen LogP contribution < -0.4 is 16.0 Å². The van der Waals surface area contributed by atoms with Crippen LogP contribution >= 0.6 is 11.6 Å². The highest BCUT2D eigenvalue weighted by atomic mass is 35.5. The Morgan fingerprint density at radius 2 is 1.97 bits per heavy atom. The second-order valence-electron chi connectivity index (χ2n) is 10.4. The lowest BCUT2D eigenvalue weighted by Gasteiger charge is -2.38. The molecular formula is C28H45ClN4O4. The van der Waals surface area contributed by atoms with Gasteiger partial charge in [0.2, 0.25) is 5.91 Å². The van der Waals surface area contributed by atoms with Gasteiger partial charge in [0.15, 0.2) is 0 Å². The molecule has 1 aliphatic carbocycles. The average Bonchev–Trinajstić information content (AvgIpc) is 2.90. The van der Waals surface area contributed by atoms with Crippen LogP contribution in [0.5, 0.6) is 0 Å². The molecular weight excluding hydrogens is 492 g/mol. The average molecular weight is 537 g/mol. The number of nitrogens with one attached hydrogen (secondary N) is 3. The Bertz CT molecular complexity index is 836. The molecule has 1 aromatic rings. The summed E-state index contributed by atoms with van der Waals surface area (Å²) in [6.07, 6.45) is 8.95. The van der Waals surface area contributed by atoms with Crippen LogP contribution in [0.3, 0.4) is 0 Å². The summed E-state index contributed by atoms with van der Waals surface area (Å²) in [5.74, 6) is 0.565. The zero-order valence-corrected chi connectivity index (χ0v) is 23.2. The maximum Gasteiger partial charge on any atom is 0.317 e. The summed E-state index contributed by atoms with van der Waals surface area (Å²) in [7, 11) is 3.54. The summed E-state index contributed by atoms with van der Waals surface area (Å²) >= 11 is 6.29. The number of methoxy groups -OCH3 is 1. The van der Waals surface area contributed by atoms with Crippen LogP contribution in [0.15, 0.2) is 24.3 Å². The van der Waals surface area contributed by atoms with Gasteiger partial charge in [0.25, 0.3) is 0 Å². The number of hydrogen-bond donors (Lipinski definition) is 3. The summed E-state index contributed by atoms with van der Waals surface area (Å²) in [6, 6.07) is 7.70. The van der Waals surface area contributed by atoms with Crippen molar-refractivity contribution in [3.8, 4) is 0 Å². The molecule has 0 bridgehead atoms. The third-order valence-corrected chi connectivity index (χ3v) is 7.73. The number of likely N-dealkylation sites (N-methyl/N-ethyl adjacent to an activating group) is 1. The monoisotopic (exact) mass is 536 g/mol. The Balaban J connectivity index is 1.63. The highest BCUT2D eigenvalue weighted by Gasteiger charge is 2.32. The summed E-state index contributed by atoms with van der Waals surface area (Å²) in [5, 5.41) is 9.99. The van der Waals surface area contributed by atoms with Gasteiger partial charge < -0.3 is 30.3 Å². The Labute approximate surface area is 227 Å². The predicted octanol–water partition coefficient (Wildman–Crippen LogP) is 4.14. The van der Waals surface area contributed by atoms with Crippen LogP contribution in [-0.4, -0.2) is 76.4 Å². The lowest BCUT2D eigenvalue weighted by molar-refractivity contribution is -0.129. The van der Waals surface area contributed by atoms with Crippen LogP contribution in [0.4, 0.5) is 4.79 Å². The zero-order chi connectivity index (χ0) is 26.5. The molecule has 208 valence electrons. The number of rotatable bonds is 13. The van der Waals surface area contributed by atoms with E-state index in [1.807, 2.05) is 36.2 Å². The van der Waals surface area contributed by atoms with Crippen molar-refractivity contribution in [1.82, 2.24) is 20.9 Å². The van der Waals surface area contributed by atoms with E-state index in [0.29, 0.717) is 30.6 Å². The highest BCUT2D eigenvalue weighted by molar-refractivity contribution is 6.30. The summed E-state index contributed by atoms with van der Waals surface area (Å²) < 4.78 is 11.2. The first-order valence-electron chi connectivity index (χ1n) is 13.8. The van der Waals surface area contributed by atoms with Gasteiger partial charge in [-0.3, -0.25) is 4.79 Å². The van der Waals surface area contributed by atoms with E-state index in [1.165, 1.54) is 32.1 Å². The van der Waals surface area contributed by atoms with Gasteiger partial charge >= 0.3 is 6.03 Å². The molecule has 2 aliphatic rings. The number of likely N-dealkylation sites (tertiary alicyclic amines) is 1. The van der Waals surface area contributed by atoms with Crippen molar-refractivity contribution in [2.75, 3.05) is 53.6 Å². The second-order valence-corrected chi connectivity index (χ2v) is 10.9. The van der Waals surface area contributed by atoms with Crippen LogP contribution in [0.2, 0.25) is 5.02 Å². The van der Waals surface area contributed by atoms with E-state index in [-0.39, 0.29) is 36.6 Å². The van der Waals surface area contributed by atoms with Gasteiger partial charge in [-0.1, -0.05) is 55.8 Å². The minimum atomic E-state index is -0.335. The second kappa shape index (κ2) is 16.2. The van der Waals surface area contributed by atoms with Crippen molar-refractivity contribution < 1.29 is 19.1 Å². The number of carbonyl (C=O) groups excluding carboxylic acids is 2. The van der Waals surface area contributed by atoms with E-state index in [4.69, 9.17) is 21.1 Å². The van der Waals surface area contributed by atoms with Crippen LogP contribution in [0.1, 0.15) is 63.0 Å². The molecule has 1 heterocycles. The third-order valence-electron chi connectivity index (χ3n) is 7.49. The molecule has 1 aliphatic heterocycles. The highest BCUT2D eigenvalue weighted by Crippen LogP contribution is 2.34. The predicted molar refractivity (Wildman–Crippen MR) is 147 cm³/mol. The van der Waals surface area contributed by atoms with Gasteiger partial charge in [-0.25, -0.2) is 4.79 Å². The van der Waals surface area contributed by atoms with E-state index < -0.39 is 0 Å². The molecule has 9 heteroatoms. The molecule has 3 N–H and O–H groups in total. The molecule has 3 amide bonds. The number of halogens is 1. The number of amides is 3. The smallest absolute Gasteiger partial charge is 0.317 e. The fourth-order valence-corrected chi connectivity index (χ4v) is 5.87. The third kappa shape index (κ3) is 10.1. The fourth-order valence-electron chi connectivity index (χ4n) is 5.67. The Morgan fingerprint density at radius 3 is 2.70 bits per heavy atom. The van der Waals surface area contributed by atoms with E-state index in [1.54, 1.807) is 7.11 Å². The number of nitrogens with zero attached hydrogens (tertiary/aromatic N) is 1. The van der Waals surface area contributed by atoms with E-state index in [0.717, 1.165) is 37.9 Å².